The van der Waals surface area contributed by atoms with Gasteiger partial charge < -0.3 is 0 Å². The lowest BCUT2D eigenvalue weighted by Crippen LogP contribution is -2.25. The van der Waals surface area contributed by atoms with Crippen LogP contribution < -0.4 is 0 Å². The van der Waals surface area contributed by atoms with Gasteiger partial charge in [-0.3, -0.25) is 14.5 Å². The zero-order chi connectivity index (χ0) is 11.7. The van der Waals surface area contributed by atoms with Crippen LogP contribution in [0.25, 0.3) is 5.57 Å². The van der Waals surface area contributed by atoms with Crippen LogP contribution in [0.5, 0.6) is 0 Å². The molecule has 4 nitrogen and oxygen atoms in total. The predicted molar refractivity (Wildman–Crippen MR) is 56.9 cm³/mol. The van der Waals surface area contributed by atoms with Crippen molar-refractivity contribution in [1.29, 1.82) is 5.26 Å². The third-order valence-electron chi connectivity index (χ3n) is 2.44. The Labute approximate surface area is 92.4 Å². The van der Waals surface area contributed by atoms with Crippen molar-refractivity contribution in [3.05, 3.63) is 41.5 Å². The first kappa shape index (κ1) is 10.1. The highest BCUT2D eigenvalue weighted by Gasteiger charge is 2.28. The van der Waals surface area contributed by atoms with Gasteiger partial charge in [0.25, 0.3) is 11.8 Å². The smallest absolute Gasteiger partial charge is 0.261 e. The van der Waals surface area contributed by atoms with E-state index in [0.717, 1.165) is 4.90 Å². The van der Waals surface area contributed by atoms with E-state index in [1.165, 1.54) is 13.1 Å². The summed E-state index contributed by atoms with van der Waals surface area (Å²) in [4.78, 5) is 24.0. The van der Waals surface area contributed by atoms with Gasteiger partial charge in [0.1, 0.15) is 0 Å². The van der Waals surface area contributed by atoms with Crippen LogP contribution in [0.15, 0.2) is 30.3 Å². The van der Waals surface area contributed by atoms with E-state index in [4.69, 9.17) is 5.26 Å². The molecule has 0 saturated heterocycles. The molecule has 0 fully saturated rings. The van der Waals surface area contributed by atoms with Crippen molar-refractivity contribution in [3.8, 4) is 6.07 Å². The Morgan fingerprint density at radius 3 is 2.62 bits per heavy atom. The van der Waals surface area contributed by atoms with Crippen LogP contribution in [-0.4, -0.2) is 23.8 Å². The maximum Gasteiger partial charge on any atom is 0.261 e. The Morgan fingerprint density at radius 2 is 2.06 bits per heavy atom. The largest absolute Gasteiger partial charge is 0.278 e. The second-order valence-electron chi connectivity index (χ2n) is 3.45. The number of rotatable bonds is 1. The molecule has 0 N–H and O–H groups in total. The number of nitrogens with zero attached hydrogens (tertiary/aromatic N) is 2. The number of imide groups is 1. The number of benzene rings is 1. The van der Waals surface area contributed by atoms with Gasteiger partial charge in [0, 0.05) is 13.1 Å². The van der Waals surface area contributed by atoms with Gasteiger partial charge in [0.05, 0.1) is 17.2 Å². The molecular weight excluding hydrogens is 204 g/mol. The molecule has 16 heavy (non-hydrogen) atoms. The zero-order valence-corrected chi connectivity index (χ0v) is 8.60. The second kappa shape index (κ2) is 3.63. The summed E-state index contributed by atoms with van der Waals surface area (Å²) in [5.41, 5.74) is 1.40. The number of amides is 2. The fraction of sp³-hybridized carbons (Fsp3) is 0.0833. The molecule has 0 atom stereocenters. The van der Waals surface area contributed by atoms with Crippen LogP contribution in [0, 0.1) is 11.3 Å². The van der Waals surface area contributed by atoms with Gasteiger partial charge in [-0.15, -0.1) is 0 Å². The third-order valence-corrected chi connectivity index (χ3v) is 2.44. The van der Waals surface area contributed by atoms with E-state index in [2.05, 4.69) is 0 Å². The molecule has 0 radical (unpaired) electrons. The lowest BCUT2D eigenvalue weighted by atomic mass is 10.0. The van der Waals surface area contributed by atoms with E-state index in [-0.39, 0.29) is 11.8 Å². The van der Waals surface area contributed by atoms with Crippen LogP contribution in [0.4, 0.5) is 0 Å². The molecule has 0 bridgehead atoms. The van der Waals surface area contributed by atoms with Gasteiger partial charge in [0.15, 0.2) is 0 Å². The first-order valence-electron chi connectivity index (χ1n) is 4.67. The van der Waals surface area contributed by atoms with Gasteiger partial charge in [0.2, 0.25) is 0 Å². The maximum absolute atomic E-state index is 11.7. The van der Waals surface area contributed by atoms with E-state index >= 15 is 0 Å². The van der Waals surface area contributed by atoms with Gasteiger partial charge in [-0.1, -0.05) is 12.1 Å². The van der Waals surface area contributed by atoms with E-state index < -0.39 is 0 Å². The van der Waals surface area contributed by atoms with Gasteiger partial charge in [-0.2, -0.15) is 5.26 Å². The summed E-state index contributed by atoms with van der Waals surface area (Å²) in [6.07, 6.45) is 1.29. The van der Waals surface area contributed by atoms with Crippen molar-refractivity contribution >= 4 is 17.4 Å². The third kappa shape index (κ3) is 1.48. The molecule has 0 spiro atoms. The number of carbonyl (C=O) groups excluding carboxylic acids is 2. The van der Waals surface area contributed by atoms with Crippen LogP contribution in [0.2, 0.25) is 0 Å². The minimum absolute atomic E-state index is 0.331. The highest BCUT2D eigenvalue weighted by Crippen LogP contribution is 2.22. The average molecular weight is 212 g/mol. The molecule has 0 saturated carbocycles. The summed E-state index contributed by atoms with van der Waals surface area (Å²) in [6.45, 7) is 0. The van der Waals surface area contributed by atoms with Gasteiger partial charge in [-0.05, 0) is 17.7 Å². The molecule has 1 heterocycles. The fourth-order valence-electron chi connectivity index (χ4n) is 1.53. The molecule has 1 aliphatic heterocycles. The molecule has 2 rings (SSSR count). The monoisotopic (exact) mass is 212 g/mol. The van der Waals surface area contributed by atoms with Crippen molar-refractivity contribution in [3.63, 3.8) is 0 Å². The average Bonchev–Trinajstić information content (AvgIpc) is 2.57. The Balaban J connectivity index is 2.47. The first-order valence-corrected chi connectivity index (χ1v) is 4.67. The highest BCUT2D eigenvalue weighted by atomic mass is 16.2. The van der Waals surface area contributed by atoms with Crippen LogP contribution in [0.1, 0.15) is 11.1 Å². The van der Waals surface area contributed by atoms with E-state index in [1.807, 2.05) is 6.07 Å². The summed E-state index contributed by atoms with van der Waals surface area (Å²) in [7, 11) is 1.43. The fourth-order valence-corrected chi connectivity index (χ4v) is 1.53. The number of nitriles is 1. The predicted octanol–water partition coefficient (Wildman–Crippen LogP) is 0.940. The highest BCUT2D eigenvalue weighted by molar-refractivity contribution is 6.33. The van der Waals surface area contributed by atoms with Crippen LogP contribution in [0.3, 0.4) is 0 Å². The van der Waals surface area contributed by atoms with Gasteiger partial charge >= 0.3 is 0 Å². The molecule has 1 aliphatic rings. The van der Waals surface area contributed by atoms with Crippen LogP contribution >= 0.6 is 0 Å². The van der Waals surface area contributed by atoms with Crippen molar-refractivity contribution in [2.45, 2.75) is 0 Å². The zero-order valence-electron chi connectivity index (χ0n) is 8.60. The summed E-state index contributed by atoms with van der Waals surface area (Å²) in [5, 5.41) is 8.74. The molecule has 2 amide bonds. The molecule has 1 aromatic rings. The Bertz CT molecular complexity index is 552. The molecule has 78 valence electrons. The Hall–Kier alpha value is -2.41. The van der Waals surface area contributed by atoms with E-state index in [1.54, 1.807) is 24.3 Å². The van der Waals surface area contributed by atoms with E-state index in [9.17, 15) is 9.59 Å². The van der Waals surface area contributed by atoms with Crippen molar-refractivity contribution in [2.75, 3.05) is 7.05 Å². The molecule has 0 unspecified atom stereocenters. The Kier molecular flexibility index (Phi) is 2.29. The normalized spacial score (nSPS) is 15.0. The molecule has 0 aromatic heterocycles. The SMILES string of the molecule is CN1C(=O)C=C(c2cccc(C#N)c2)C1=O. The quantitative estimate of drug-likeness (QED) is 0.651. The second-order valence-corrected chi connectivity index (χ2v) is 3.45. The molecule has 0 aliphatic carbocycles. The van der Waals surface area contributed by atoms with E-state index in [0.29, 0.717) is 16.7 Å². The topological polar surface area (TPSA) is 61.2 Å². The maximum atomic E-state index is 11.7. The van der Waals surface area contributed by atoms with Crippen molar-refractivity contribution in [1.82, 2.24) is 4.90 Å². The minimum atomic E-state index is -0.333. The Morgan fingerprint density at radius 1 is 1.31 bits per heavy atom. The number of hydrogen-bond acceptors (Lipinski definition) is 3. The number of carbonyl (C=O) groups is 2. The standard InChI is InChI=1S/C12H8N2O2/c1-14-11(15)6-10(12(14)16)9-4-2-3-8(5-9)7-13/h2-6H,1H3. The summed E-state index contributed by atoms with van der Waals surface area (Å²) in [6, 6.07) is 8.62. The summed E-state index contributed by atoms with van der Waals surface area (Å²) >= 11 is 0. The van der Waals surface area contributed by atoms with Crippen molar-refractivity contribution in [2.24, 2.45) is 0 Å². The van der Waals surface area contributed by atoms with Crippen molar-refractivity contribution < 1.29 is 9.59 Å². The molecule has 1 aromatic carbocycles. The van der Waals surface area contributed by atoms with Gasteiger partial charge in [-0.25, -0.2) is 0 Å². The minimum Gasteiger partial charge on any atom is -0.278 e. The lowest BCUT2D eigenvalue weighted by Gasteiger charge is -2.06. The van der Waals surface area contributed by atoms with Crippen LogP contribution in [-0.2, 0) is 9.59 Å². The summed E-state index contributed by atoms with van der Waals surface area (Å²) < 4.78 is 0. The first-order chi connectivity index (χ1) is 7.63. The lowest BCUT2D eigenvalue weighted by molar-refractivity contribution is -0.134. The number of likely N-dealkylation sites (N-methyl/N-ethyl adjacent to an activating group) is 1. The number of hydrogen-bond donors (Lipinski definition) is 0. The molecule has 4 heteroatoms. The molecular formula is C12H8N2O2. The summed E-state index contributed by atoms with van der Waals surface area (Å²) in [5.74, 6) is -0.664.